The minimum atomic E-state index is 0.146. The number of halogens is 1. The van der Waals surface area contributed by atoms with Crippen LogP contribution < -0.4 is 5.46 Å². The minimum Gasteiger partial charge on any atom is -0.294 e. The van der Waals surface area contributed by atoms with Crippen LogP contribution in [0.3, 0.4) is 0 Å². The Morgan fingerprint density at radius 1 is 1.20 bits per heavy atom. The van der Waals surface area contributed by atoms with Crippen LogP contribution in [0.15, 0.2) is 42.5 Å². The molecule has 0 amide bonds. The summed E-state index contributed by atoms with van der Waals surface area (Å²) >= 11 is 5.85. The van der Waals surface area contributed by atoms with Crippen molar-refractivity contribution in [2.45, 2.75) is 26.0 Å². The fourth-order valence-corrected chi connectivity index (χ4v) is 3.02. The van der Waals surface area contributed by atoms with Gasteiger partial charge in [0.1, 0.15) is 0 Å². The molecule has 0 unspecified atom stereocenters. The number of hydrogen-bond donors (Lipinski definition) is 0. The molecular weight excluding hydrogens is 266 g/mol. The minimum absolute atomic E-state index is 0.146. The van der Waals surface area contributed by atoms with Crippen molar-refractivity contribution in [1.29, 1.82) is 0 Å². The van der Waals surface area contributed by atoms with E-state index in [0.29, 0.717) is 18.2 Å². The predicted octanol–water partition coefficient (Wildman–Crippen LogP) is 3.65. The summed E-state index contributed by atoms with van der Waals surface area (Å²) in [6, 6.07) is 13.6. The van der Waals surface area contributed by atoms with Crippen LogP contribution in [0.2, 0.25) is 18.2 Å². The molecule has 0 bridgehead atoms. The molecule has 0 N–H and O–H groups in total. The standard InChI is InChI=1S/C17H16BClO/c1-18-9-8-13-3-2-12(10-16(13)18)11-17(20)14-4-6-15(19)7-5-14/h2-7,10H,8-9,11H2,1H3. The van der Waals surface area contributed by atoms with E-state index in [-0.39, 0.29) is 5.78 Å². The number of ketones is 1. The summed E-state index contributed by atoms with van der Waals surface area (Å²) in [6.07, 6.45) is 2.85. The van der Waals surface area contributed by atoms with E-state index in [1.165, 1.54) is 23.8 Å². The third-order valence-corrected chi connectivity index (χ3v) is 4.37. The lowest BCUT2D eigenvalue weighted by atomic mass is 9.48. The number of hydrogen-bond acceptors (Lipinski definition) is 1. The largest absolute Gasteiger partial charge is 0.294 e. The maximum atomic E-state index is 12.3. The molecule has 0 aromatic heterocycles. The van der Waals surface area contributed by atoms with Crippen LogP contribution in [-0.2, 0) is 12.8 Å². The third kappa shape index (κ3) is 2.66. The molecule has 3 heteroatoms. The summed E-state index contributed by atoms with van der Waals surface area (Å²) in [5.74, 6) is 0.146. The highest BCUT2D eigenvalue weighted by molar-refractivity contribution is 6.73. The number of rotatable bonds is 3. The van der Waals surface area contributed by atoms with Crippen molar-refractivity contribution in [1.82, 2.24) is 0 Å². The first-order chi connectivity index (χ1) is 9.63. The zero-order valence-corrected chi connectivity index (χ0v) is 12.3. The maximum absolute atomic E-state index is 12.3. The van der Waals surface area contributed by atoms with Gasteiger partial charge in [0.2, 0.25) is 0 Å². The normalized spacial score (nSPS) is 13.4. The second-order valence-electron chi connectivity index (χ2n) is 5.58. The molecule has 1 nitrogen and oxygen atoms in total. The number of carbonyl (C=O) groups is 1. The van der Waals surface area contributed by atoms with Crippen molar-refractivity contribution in [2.24, 2.45) is 0 Å². The van der Waals surface area contributed by atoms with Gasteiger partial charge in [-0.1, -0.05) is 54.0 Å². The Morgan fingerprint density at radius 2 is 1.95 bits per heavy atom. The van der Waals surface area contributed by atoms with Crippen LogP contribution in [-0.4, -0.2) is 12.5 Å². The predicted molar refractivity (Wildman–Crippen MR) is 85.7 cm³/mol. The Bertz CT molecular complexity index is 649. The summed E-state index contributed by atoms with van der Waals surface area (Å²) in [7, 11) is 0. The van der Waals surface area contributed by atoms with Crippen LogP contribution in [0.4, 0.5) is 0 Å². The Hall–Kier alpha value is -1.54. The number of carbonyl (C=O) groups excluding carboxylic acids is 1. The molecule has 20 heavy (non-hydrogen) atoms. The van der Waals surface area contributed by atoms with Gasteiger partial charge in [-0.05, 0) is 36.2 Å². The quantitative estimate of drug-likeness (QED) is 0.620. The highest BCUT2D eigenvalue weighted by Crippen LogP contribution is 2.17. The van der Waals surface area contributed by atoms with Crippen molar-refractivity contribution in [3.63, 3.8) is 0 Å². The van der Waals surface area contributed by atoms with E-state index in [4.69, 9.17) is 11.6 Å². The molecule has 2 aromatic carbocycles. The van der Waals surface area contributed by atoms with Gasteiger partial charge in [-0.25, -0.2) is 0 Å². The second kappa shape index (κ2) is 5.45. The van der Waals surface area contributed by atoms with E-state index >= 15 is 0 Å². The van der Waals surface area contributed by atoms with Crippen molar-refractivity contribution < 1.29 is 4.79 Å². The lowest BCUT2D eigenvalue weighted by Gasteiger charge is -2.07. The van der Waals surface area contributed by atoms with Crippen LogP contribution >= 0.6 is 11.6 Å². The molecule has 2 aromatic rings. The molecule has 0 aliphatic carbocycles. The van der Waals surface area contributed by atoms with E-state index in [1.807, 2.05) is 0 Å². The fraction of sp³-hybridized carbons (Fsp3) is 0.235. The first-order valence-electron chi connectivity index (χ1n) is 7.04. The summed E-state index contributed by atoms with van der Waals surface area (Å²) in [5, 5.41) is 0.660. The first kappa shape index (κ1) is 13.4. The Kier molecular flexibility index (Phi) is 3.67. The number of benzene rings is 2. The topological polar surface area (TPSA) is 17.1 Å². The lowest BCUT2D eigenvalue weighted by molar-refractivity contribution is 0.0993. The summed E-state index contributed by atoms with van der Waals surface area (Å²) in [6.45, 7) is 2.88. The molecule has 0 saturated heterocycles. The molecule has 3 rings (SSSR count). The molecule has 1 aliphatic heterocycles. The van der Waals surface area contributed by atoms with Crippen LogP contribution in [0.25, 0.3) is 0 Å². The number of fused-ring (bicyclic) bond motifs is 1. The lowest BCUT2D eigenvalue weighted by Crippen LogP contribution is -2.23. The SMILES string of the molecule is CB1CCc2ccc(CC(=O)c3ccc(Cl)cc3)cc21. The summed E-state index contributed by atoms with van der Waals surface area (Å²) < 4.78 is 0. The molecule has 0 saturated carbocycles. The Labute approximate surface area is 125 Å². The van der Waals surface area contributed by atoms with Gasteiger partial charge in [0.05, 0.1) is 0 Å². The van der Waals surface area contributed by atoms with Gasteiger partial charge in [-0.3, -0.25) is 4.79 Å². The summed E-state index contributed by atoms with van der Waals surface area (Å²) in [5.41, 5.74) is 4.70. The Balaban J connectivity index is 1.79. The van der Waals surface area contributed by atoms with Gasteiger partial charge < -0.3 is 0 Å². The zero-order chi connectivity index (χ0) is 14.1. The molecule has 0 spiro atoms. The highest BCUT2D eigenvalue weighted by atomic mass is 35.5. The van der Waals surface area contributed by atoms with E-state index in [2.05, 4.69) is 25.0 Å². The van der Waals surface area contributed by atoms with Crippen LogP contribution in [0.5, 0.6) is 0 Å². The van der Waals surface area contributed by atoms with Gasteiger partial charge in [0.25, 0.3) is 0 Å². The van der Waals surface area contributed by atoms with Crippen molar-refractivity contribution in [2.75, 3.05) is 0 Å². The van der Waals surface area contributed by atoms with Crippen LogP contribution in [0, 0.1) is 0 Å². The molecule has 1 heterocycles. The van der Waals surface area contributed by atoms with Crippen molar-refractivity contribution >= 4 is 29.6 Å². The van der Waals surface area contributed by atoms with Crippen molar-refractivity contribution in [3.05, 3.63) is 64.2 Å². The van der Waals surface area contributed by atoms with Crippen molar-refractivity contribution in [3.8, 4) is 0 Å². The van der Waals surface area contributed by atoms with E-state index in [1.54, 1.807) is 24.3 Å². The molecule has 0 radical (unpaired) electrons. The number of Topliss-reactive ketones (excluding diaryl/α,β-unsaturated/α-hetero) is 1. The van der Waals surface area contributed by atoms with E-state index in [9.17, 15) is 4.79 Å². The molecule has 0 fully saturated rings. The molecular formula is C17H16BClO. The first-order valence-corrected chi connectivity index (χ1v) is 7.42. The van der Waals surface area contributed by atoms with E-state index < -0.39 is 0 Å². The maximum Gasteiger partial charge on any atom is 0.173 e. The molecule has 0 atom stereocenters. The summed E-state index contributed by atoms with van der Waals surface area (Å²) in [4.78, 5) is 12.3. The van der Waals surface area contributed by atoms with Gasteiger partial charge in [-0.15, -0.1) is 0 Å². The molecule has 100 valence electrons. The fourth-order valence-electron chi connectivity index (χ4n) is 2.89. The van der Waals surface area contributed by atoms with Gasteiger partial charge in [0.15, 0.2) is 12.5 Å². The van der Waals surface area contributed by atoms with Crippen LogP contribution in [0.1, 0.15) is 21.5 Å². The number of aryl methyl sites for hydroxylation is 1. The second-order valence-corrected chi connectivity index (χ2v) is 6.02. The van der Waals surface area contributed by atoms with E-state index in [0.717, 1.165) is 11.1 Å². The third-order valence-electron chi connectivity index (χ3n) is 4.12. The smallest absolute Gasteiger partial charge is 0.173 e. The highest BCUT2D eigenvalue weighted by Gasteiger charge is 2.21. The zero-order valence-electron chi connectivity index (χ0n) is 11.5. The van der Waals surface area contributed by atoms with Gasteiger partial charge in [-0.2, -0.15) is 0 Å². The van der Waals surface area contributed by atoms with Gasteiger partial charge in [0, 0.05) is 17.0 Å². The monoisotopic (exact) mass is 282 g/mol. The Morgan fingerprint density at radius 3 is 2.70 bits per heavy atom. The average molecular weight is 283 g/mol. The average Bonchev–Trinajstić information content (AvgIpc) is 2.81. The molecule has 1 aliphatic rings. The van der Waals surface area contributed by atoms with Gasteiger partial charge >= 0.3 is 0 Å².